The number of aromatic nitrogens is 2. The van der Waals surface area contributed by atoms with Gasteiger partial charge in [0, 0.05) is 23.6 Å². The quantitative estimate of drug-likeness (QED) is 0.867. The monoisotopic (exact) mass is 262 g/mol. The third-order valence-electron chi connectivity index (χ3n) is 2.99. The number of anilines is 1. The van der Waals surface area contributed by atoms with Gasteiger partial charge >= 0.3 is 0 Å². The van der Waals surface area contributed by atoms with E-state index in [2.05, 4.69) is 15.7 Å². The molecule has 0 radical (unpaired) electrons. The molecule has 5 nitrogen and oxygen atoms in total. The number of carbonyl (C=O) groups is 1. The summed E-state index contributed by atoms with van der Waals surface area (Å²) in [7, 11) is 1.74. The third-order valence-corrected chi connectivity index (χ3v) is 3.29. The maximum Gasteiger partial charge on any atom is 0.246 e. The molecule has 0 aliphatic carbocycles. The highest BCUT2D eigenvalue weighted by molar-refractivity contribution is 6.32. The van der Waals surface area contributed by atoms with Crippen LogP contribution in [0.25, 0.3) is 5.69 Å². The van der Waals surface area contributed by atoms with Crippen molar-refractivity contribution in [3.8, 4) is 5.69 Å². The molecule has 92 valence electrons. The number of nitrogens with one attached hydrogen (secondary N) is 2. The van der Waals surface area contributed by atoms with Crippen LogP contribution in [0.3, 0.4) is 0 Å². The van der Waals surface area contributed by atoms with Crippen molar-refractivity contribution in [2.45, 2.75) is 6.04 Å². The van der Waals surface area contributed by atoms with E-state index in [0.29, 0.717) is 5.02 Å². The van der Waals surface area contributed by atoms with Crippen molar-refractivity contribution >= 4 is 23.2 Å². The smallest absolute Gasteiger partial charge is 0.246 e. The first-order chi connectivity index (χ1) is 8.70. The average molecular weight is 263 g/mol. The van der Waals surface area contributed by atoms with Crippen LogP contribution in [0.1, 0.15) is 11.6 Å². The first-order valence-electron chi connectivity index (χ1n) is 5.52. The Morgan fingerprint density at radius 3 is 3.00 bits per heavy atom. The number of nitrogens with zero attached hydrogens (tertiary/aromatic N) is 2. The number of halogens is 1. The van der Waals surface area contributed by atoms with Gasteiger partial charge in [0.1, 0.15) is 6.04 Å². The van der Waals surface area contributed by atoms with E-state index in [0.717, 1.165) is 16.9 Å². The summed E-state index contributed by atoms with van der Waals surface area (Å²) in [5.74, 6) is -0.0684. The Morgan fingerprint density at radius 1 is 1.50 bits per heavy atom. The van der Waals surface area contributed by atoms with Gasteiger partial charge in [-0.1, -0.05) is 11.6 Å². The molecule has 2 heterocycles. The normalized spacial score (nSPS) is 17.7. The number of likely N-dealkylation sites (N-methyl/N-ethyl adjacent to an activating group) is 1. The van der Waals surface area contributed by atoms with E-state index in [1.165, 1.54) is 0 Å². The van der Waals surface area contributed by atoms with Crippen molar-refractivity contribution in [3.63, 3.8) is 0 Å². The lowest BCUT2D eigenvalue weighted by atomic mass is 10.1. The van der Waals surface area contributed by atoms with E-state index in [4.69, 9.17) is 11.6 Å². The van der Waals surface area contributed by atoms with E-state index >= 15 is 0 Å². The predicted octanol–water partition coefficient (Wildman–Crippen LogP) is 1.74. The second kappa shape index (κ2) is 4.12. The second-order valence-corrected chi connectivity index (χ2v) is 4.46. The van der Waals surface area contributed by atoms with Gasteiger partial charge in [0.05, 0.1) is 10.7 Å². The highest BCUT2D eigenvalue weighted by Gasteiger charge is 2.30. The summed E-state index contributed by atoms with van der Waals surface area (Å²) in [6.45, 7) is 0. The maximum atomic E-state index is 11.7. The van der Waals surface area contributed by atoms with Crippen molar-refractivity contribution in [3.05, 3.63) is 41.2 Å². The van der Waals surface area contributed by atoms with Crippen LogP contribution < -0.4 is 10.6 Å². The zero-order chi connectivity index (χ0) is 12.7. The molecular weight excluding hydrogens is 252 g/mol. The van der Waals surface area contributed by atoms with Crippen molar-refractivity contribution < 1.29 is 4.79 Å². The highest BCUT2D eigenvalue weighted by Crippen LogP contribution is 2.36. The molecule has 0 spiro atoms. The van der Waals surface area contributed by atoms with Crippen LogP contribution in [-0.4, -0.2) is 22.7 Å². The summed E-state index contributed by atoms with van der Waals surface area (Å²) in [4.78, 5) is 11.7. The van der Waals surface area contributed by atoms with Gasteiger partial charge in [0.15, 0.2) is 0 Å². The summed E-state index contributed by atoms with van der Waals surface area (Å²) in [6.07, 6.45) is 3.48. The van der Waals surface area contributed by atoms with E-state index < -0.39 is 0 Å². The van der Waals surface area contributed by atoms with E-state index in [1.807, 2.05) is 12.1 Å². The fraction of sp³-hybridized carbons (Fsp3) is 0.167. The predicted molar refractivity (Wildman–Crippen MR) is 69.0 cm³/mol. The van der Waals surface area contributed by atoms with Crippen LogP contribution in [0, 0.1) is 0 Å². The van der Waals surface area contributed by atoms with Crippen molar-refractivity contribution in [2.75, 3.05) is 12.4 Å². The zero-order valence-corrected chi connectivity index (χ0v) is 10.4. The third kappa shape index (κ3) is 1.60. The topological polar surface area (TPSA) is 59.0 Å². The molecule has 1 amide bonds. The number of hydrogen-bond donors (Lipinski definition) is 2. The van der Waals surface area contributed by atoms with Crippen molar-refractivity contribution in [1.29, 1.82) is 0 Å². The molecule has 2 N–H and O–H groups in total. The molecule has 3 rings (SSSR count). The molecule has 0 bridgehead atoms. The van der Waals surface area contributed by atoms with Gasteiger partial charge in [0.25, 0.3) is 0 Å². The van der Waals surface area contributed by atoms with Crippen LogP contribution in [-0.2, 0) is 4.79 Å². The molecule has 0 saturated heterocycles. The molecule has 1 aliphatic rings. The highest BCUT2D eigenvalue weighted by atomic mass is 35.5. The van der Waals surface area contributed by atoms with E-state index in [1.54, 1.807) is 30.2 Å². The van der Waals surface area contributed by atoms with Crippen molar-refractivity contribution in [2.24, 2.45) is 0 Å². The summed E-state index contributed by atoms with van der Waals surface area (Å²) in [5.41, 5.74) is 2.38. The fourth-order valence-electron chi connectivity index (χ4n) is 2.14. The van der Waals surface area contributed by atoms with Crippen molar-refractivity contribution in [1.82, 2.24) is 15.1 Å². The summed E-state index contributed by atoms with van der Waals surface area (Å²) in [5, 5.41) is 10.5. The molecule has 6 heteroatoms. The number of rotatable bonds is 2. The first kappa shape index (κ1) is 11.3. The SMILES string of the molecule is CNC1C(=O)Nc2cc(-n3cccn3)c(Cl)cc21. The van der Waals surface area contributed by atoms with Crippen LogP contribution in [0.5, 0.6) is 0 Å². The lowest BCUT2D eigenvalue weighted by Crippen LogP contribution is -2.23. The Kier molecular flexibility index (Phi) is 2.57. The van der Waals surface area contributed by atoms with Crippen LogP contribution >= 0.6 is 11.6 Å². The van der Waals surface area contributed by atoms with Gasteiger partial charge in [-0.3, -0.25) is 4.79 Å². The van der Waals surface area contributed by atoms with E-state index in [9.17, 15) is 4.79 Å². The molecule has 1 aromatic carbocycles. The Balaban J connectivity index is 2.13. The van der Waals surface area contributed by atoms with Gasteiger partial charge < -0.3 is 10.6 Å². The van der Waals surface area contributed by atoms with Crippen LogP contribution in [0.15, 0.2) is 30.6 Å². The minimum atomic E-state index is -0.343. The molecule has 0 fully saturated rings. The molecule has 18 heavy (non-hydrogen) atoms. The Bertz CT molecular complexity index is 609. The van der Waals surface area contributed by atoms with Crippen LogP contribution in [0.2, 0.25) is 5.02 Å². The summed E-state index contributed by atoms with van der Waals surface area (Å²) < 4.78 is 1.67. The van der Waals surface area contributed by atoms with Gasteiger partial charge in [0.2, 0.25) is 5.91 Å². The van der Waals surface area contributed by atoms with Gasteiger partial charge in [-0.25, -0.2) is 4.68 Å². The van der Waals surface area contributed by atoms with Crippen LogP contribution in [0.4, 0.5) is 5.69 Å². The minimum Gasteiger partial charge on any atom is -0.324 e. The molecule has 1 atom stereocenters. The van der Waals surface area contributed by atoms with E-state index in [-0.39, 0.29) is 11.9 Å². The molecule has 1 aliphatic heterocycles. The summed E-state index contributed by atoms with van der Waals surface area (Å²) >= 11 is 6.24. The fourth-order valence-corrected chi connectivity index (χ4v) is 2.40. The first-order valence-corrected chi connectivity index (χ1v) is 5.90. The number of benzene rings is 1. The zero-order valence-electron chi connectivity index (χ0n) is 9.64. The lowest BCUT2D eigenvalue weighted by molar-refractivity contribution is -0.117. The average Bonchev–Trinajstić information content (AvgIpc) is 2.94. The largest absolute Gasteiger partial charge is 0.324 e. The van der Waals surface area contributed by atoms with Gasteiger partial charge in [-0.2, -0.15) is 5.10 Å². The summed E-state index contributed by atoms with van der Waals surface area (Å²) in [6, 6.07) is 5.11. The Hall–Kier alpha value is -1.85. The van der Waals surface area contributed by atoms with Gasteiger partial charge in [-0.15, -0.1) is 0 Å². The number of amides is 1. The standard InChI is InChI=1S/C12H11ClN4O/c1-14-11-7-5-8(13)10(17-4-2-3-15-17)6-9(7)16-12(11)18/h2-6,11,14H,1H3,(H,16,18). The Labute approximate surface area is 109 Å². The second-order valence-electron chi connectivity index (χ2n) is 4.05. The number of fused-ring (bicyclic) bond motifs is 1. The molecule has 1 unspecified atom stereocenters. The lowest BCUT2D eigenvalue weighted by Gasteiger charge is -2.10. The Morgan fingerprint density at radius 2 is 2.33 bits per heavy atom. The van der Waals surface area contributed by atoms with Gasteiger partial charge in [-0.05, 0) is 25.2 Å². The molecule has 2 aromatic rings. The number of carbonyl (C=O) groups excluding carboxylic acids is 1. The molecule has 0 saturated carbocycles. The minimum absolute atomic E-state index is 0.0684. The maximum absolute atomic E-state index is 11.7. The molecular formula is C12H11ClN4O. The molecule has 1 aromatic heterocycles. The number of hydrogen-bond acceptors (Lipinski definition) is 3.